The number of amides is 1. The number of carbonyl (C=O) groups excluding carboxylic acids is 1. The first kappa shape index (κ1) is 19.5. The molecule has 0 atom stereocenters. The average Bonchev–Trinajstić information content (AvgIpc) is 3.08. The molecule has 1 fully saturated rings. The van der Waals surface area contributed by atoms with Crippen LogP contribution in [0.15, 0.2) is 22.7 Å². The van der Waals surface area contributed by atoms with Crippen LogP contribution in [-0.2, 0) is 17.8 Å². The molecule has 0 bridgehead atoms. The van der Waals surface area contributed by atoms with Gasteiger partial charge in [-0.15, -0.1) is 0 Å². The monoisotopic (exact) mass is 371 g/mol. The van der Waals surface area contributed by atoms with Gasteiger partial charge in [-0.1, -0.05) is 24.2 Å². The smallest absolute Gasteiger partial charge is 0.240 e. The molecule has 0 saturated carbocycles. The van der Waals surface area contributed by atoms with Crippen molar-refractivity contribution < 1.29 is 9.32 Å². The molecule has 2 heterocycles. The number of piperazine rings is 1. The zero-order valence-corrected chi connectivity index (χ0v) is 16.5. The fourth-order valence-corrected chi connectivity index (χ4v) is 3.26. The summed E-state index contributed by atoms with van der Waals surface area (Å²) in [4.78, 5) is 21.3. The number of aryl methyl sites for hydroxylation is 2. The highest BCUT2D eigenvalue weighted by Gasteiger charge is 2.21. The van der Waals surface area contributed by atoms with Gasteiger partial charge >= 0.3 is 0 Å². The summed E-state index contributed by atoms with van der Waals surface area (Å²) in [6, 6.07) is 5.98. The van der Waals surface area contributed by atoms with Crippen LogP contribution in [0.2, 0.25) is 0 Å². The molecule has 0 radical (unpaired) electrons. The van der Waals surface area contributed by atoms with Gasteiger partial charge in [-0.2, -0.15) is 4.98 Å². The Morgan fingerprint density at radius 2 is 1.93 bits per heavy atom. The molecule has 0 spiro atoms. The van der Waals surface area contributed by atoms with Crippen molar-refractivity contribution in [3.05, 3.63) is 41.0 Å². The average molecular weight is 371 g/mol. The molecule has 7 heteroatoms. The number of rotatable bonds is 7. The quantitative estimate of drug-likeness (QED) is 0.806. The van der Waals surface area contributed by atoms with E-state index in [1.54, 1.807) is 0 Å². The first-order valence-electron chi connectivity index (χ1n) is 9.67. The van der Waals surface area contributed by atoms with Crippen molar-refractivity contribution in [1.29, 1.82) is 0 Å². The molecule has 1 aromatic heterocycles. The molecular weight excluding hydrogens is 342 g/mol. The van der Waals surface area contributed by atoms with Crippen LogP contribution in [0.25, 0.3) is 0 Å². The van der Waals surface area contributed by atoms with Crippen LogP contribution in [0.4, 0.5) is 5.69 Å². The summed E-state index contributed by atoms with van der Waals surface area (Å²) < 4.78 is 5.32. The van der Waals surface area contributed by atoms with E-state index in [4.69, 9.17) is 4.52 Å². The predicted molar refractivity (Wildman–Crippen MR) is 105 cm³/mol. The summed E-state index contributed by atoms with van der Waals surface area (Å²) in [6.45, 7) is 10.8. The Balaban J connectivity index is 1.43. The summed E-state index contributed by atoms with van der Waals surface area (Å²) in [6.07, 6.45) is 1.87. The minimum absolute atomic E-state index is 0.0401. The third-order valence-corrected chi connectivity index (χ3v) is 5.05. The Morgan fingerprint density at radius 3 is 2.67 bits per heavy atom. The maximum absolute atomic E-state index is 12.4. The van der Waals surface area contributed by atoms with E-state index in [0.29, 0.717) is 19.0 Å². The Kier molecular flexibility index (Phi) is 6.58. The van der Waals surface area contributed by atoms with Crippen LogP contribution in [0, 0.1) is 13.8 Å². The van der Waals surface area contributed by atoms with Crippen molar-refractivity contribution in [3.8, 4) is 0 Å². The largest absolute Gasteiger partial charge is 0.338 e. The van der Waals surface area contributed by atoms with Gasteiger partial charge in [0.05, 0.1) is 13.1 Å². The number of aromatic nitrogens is 2. The Hall–Kier alpha value is -2.25. The lowest BCUT2D eigenvalue weighted by Gasteiger charge is -2.33. The summed E-state index contributed by atoms with van der Waals surface area (Å²) in [5.74, 6) is 1.51. The fourth-order valence-electron chi connectivity index (χ4n) is 3.26. The molecule has 0 aliphatic carbocycles. The lowest BCUT2D eigenvalue weighted by Crippen LogP contribution is -2.48. The molecule has 1 aromatic carbocycles. The molecule has 1 N–H and O–H groups in total. The summed E-state index contributed by atoms with van der Waals surface area (Å²) >= 11 is 0. The van der Waals surface area contributed by atoms with E-state index in [0.717, 1.165) is 56.1 Å². The predicted octanol–water partition coefficient (Wildman–Crippen LogP) is 2.40. The number of hydrogen-bond donors (Lipinski definition) is 1. The van der Waals surface area contributed by atoms with Crippen molar-refractivity contribution in [3.63, 3.8) is 0 Å². The van der Waals surface area contributed by atoms with Crippen LogP contribution in [-0.4, -0.2) is 58.6 Å². The molecule has 3 rings (SSSR count). The van der Waals surface area contributed by atoms with Crippen molar-refractivity contribution in [2.24, 2.45) is 0 Å². The van der Waals surface area contributed by atoms with Crippen molar-refractivity contribution in [2.75, 3.05) is 38.0 Å². The molecule has 146 valence electrons. The molecule has 1 saturated heterocycles. The summed E-state index contributed by atoms with van der Waals surface area (Å²) in [5, 5.41) is 7.04. The number of benzene rings is 1. The molecule has 2 aromatic rings. The van der Waals surface area contributed by atoms with E-state index in [1.165, 1.54) is 5.56 Å². The minimum Gasteiger partial charge on any atom is -0.338 e. The van der Waals surface area contributed by atoms with Crippen LogP contribution in [0.3, 0.4) is 0 Å². The maximum atomic E-state index is 12.4. The van der Waals surface area contributed by atoms with E-state index < -0.39 is 0 Å². The lowest BCUT2D eigenvalue weighted by molar-refractivity contribution is -0.117. The zero-order chi connectivity index (χ0) is 19.2. The fraction of sp³-hybridized carbons (Fsp3) is 0.550. The van der Waals surface area contributed by atoms with Crippen LogP contribution < -0.4 is 5.32 Å². The normalized spacial score (nSPS) is 15.8. The van der Waals surface area contributed by atoms with Gasteiger partial charge in [0, 0.05) is 38.3 Å². The molecular formula is C20H29N5O2. The molecule has 1 amide bonds. The SMILES string of the molecule is CCCc1noc(CN2CCN(CC(=O)Nc3cccc(C)c3C)CC2)n1. The molecule has 0 unspecified atom stereocenters. The van der Waals surface area contributed by atoms with Gasteiger partial charge < -0.3 is 9.84 Å². The highest BCUT2D eigenvalue weighted by atomic mass is 16.5. The summed E-state index contributed by atoms with van der Waals surface area (Å²) in [5.41, 5.74) is 3.21. The molecule has 1 aliphatic rings. The second kappa shape index (κ2) is 9.10. The van der Waals surface area contributed by atoms with E-state index in [2.05, 4.69) is 45.2 Å². The number of hydrogen-bond acceptors (Lipinski definition) is 6. The Bertz CT molecular complexity index is 765. The number of nitrogens with one attached hydrogen (secondary N) is 1. The zero-order valence-electron chi connectivity index (χ0n) is 16.5. The third-order valence-electron chi connectivity index (χ3n) is 5.05. The van der Waals surface area contributed by atoms with Gasteiger partial charge in [-0.05, 0) is 37.5 Å². The first-order valence-corrected chi connectivity index (χ1v) is 9.67. The van der Waals surface area contributed by atoms with E-state index in [9.17, 15) is 4.79 Å². The number of carbonyl (C=O) groups is 1. The van der Waals surface area contributed by atoms with Gasteiger partial charge in [0.2, 0.25) is 11.8 Å². The van der Waals surface area contributed by atoms with Crippen LogP contribution >= 0.6 is 0 Å². The first-order chi connectivity index (χ1) is 13.0. The van der Waals surface area contributed by atoms with Crippen molar-refractivity contribution >= 4 is 11.6 Å². The minimum atomic E-state index is 0.0401. The van der Waals surface area contributed by atoms with Gasteiger partial charge in [-0.25, -0.2) is 0 Å². The second-order valence-corrected chi connectivity index (χ2v) is 7.20. The highest BCUT2D eigenvalue weighted by Crippen LogP contribution is 2.18. The van der Waals surface area contributed by atoms with Crippen molar-refractivity contribution in [2.45, 2.75) is 40.2 Å². The highest BCUT2D eigenvalue weighted by molar-refractivity contribution is 5.93. The number of nitrogens with zero attached hydrogens (tertiary/aromatic N) is 4. The standard InChI is InChI=1S/C20H29N5O2/c1-4-6-18-22-20(27-23-18)14-25-11-9-24(10-12-25)13-19(26)21-17-8-5-7-15(2)16(17)3/h5,7-8H,4,6,9-14H2,1-3H3,(H,21,26). The lowest BCUT2D eigenvalue weighted by atomic mass is 10.1. The van der Waals surface area contributed by atoms with Gasteiger partial charge in [0.25, 0.3) is 0 Å². The summed E-state index contributed by atoms with van der Waals surface area (Å²) in [7, 11) is 0. The molecule has 7 nitrogen and oxygen atoms in total. The van der Waals surface area contributed by atoms with E-state index >= 15 is 0 Å². The van der Waals surface area contributed by atoms with E-state index in [-0.39, 0.29) is 5.91 Å². The third kappa shape index (κ3) is 5.37. The maximum Gasteiger partial charge on any atom is 0.240 e. The van der Waals surface area contributed by atoms with E-state index in [1.807, 2.05) is 19.1 Å². The Labute approximate surface area is 160 Å². The van der Waals surface area contributed by atoms with Crippen LogP contribution in [0.1, 0.15) is 36.2 Å². The Morgan fingerprint density at radius 1 is 1.19 bits per heavy atom. The van der Waals surface area contributed by atoms with Gasteiger partial charge in [0.1, 0.15) is 0 Å². The molecule has 27 heavy (non-hydrogen) atoms. The van der Waals surface area contributed by atoms with Gasteiger partial charge in [0.15, 0.2) is 5.82 Å². The topological polar surface area (TPSA) is 74.5 Å². The van der Waals surface area contributed by atoms with Gasteiger partial charge in [-0.3, -0.25) is 14.6 Å². The second-order valence-electron chi connectivity index (χ2n) is 7.20. The van der Waals surface area contributed by atoms with Crippen molar-refractivity contribution in [1.82, 2.24) is 19.9 Å². The van der Waals surface area contributed by atoms with Crippen LogP contribution in [0.5, 0.6) is 0 Å². The number of anilines is 1. The molecule has 1 aliphatic heterocycles.